The van der Waals surface area contributed by atoms with Crippen LogP contribution < -0.4 is 10.6 Å². The Kier molecular flexibility index (Phi) is 8.85. The van der Waals surface area contributed by atoms with E-state index in [0.29, 0.717) is 6.54 Å². The number of hydrogen-bond acceptors (Lipinski definition) is 4. The summed E-state index contributed by atoms with van der Waals surface area (Å²) in [7, 11) is 0. The third-order valence-corrected chi connectivity index (χ3v) is 5.87. The first-order chi connectivity index (χ1) is 12.5. The highest BCUT2D eigenvalue weighted by Crippen LogP contribution is 2.30. The molecule has 2 rings (SSSR count). The topological polar surface area (TPSA) is 70.7 Å². The number of rotatable bonds is 8. The van der Waals surface area contributed by atoms with Gasteiger partial charge in [-0.1, -0.05) is 27.2 Å². The van der Waals surface area contributed by atoms with Crippen LogP contribution in [-0.2, 0) is 14.3 Å². The molecule has 0 aromatic carbocycles. The van der Waals surface area contributed by atoms with E-state index < -0.39 is 6.04 Å². The average molecular weight is 368 g/mol. The average Bonchev–Trinajstić information content (AvgIpc) is 2.66. The van der Waals surface area contributed by atoms with Crippen molar-refractivity contribution < 1.29 is 14.3 Å². The van der Waals surface area contributed by atoms with Gasteiger partial charge < -0.3 is 15.4 Å². The minimum absolute atomic E-state index is 0.0570. The minimum Gasteiger partial charge on any atom is -0.379 e. The van der Waals surface area contributed by atoms with Crippen LogP contribution in [0.4, 0.5) is 0 Å². The maximum Gasteiger partial charge on any atom is 0.242 e. The lowest BCUT2D eigenvalue weighted by Gasteiger charge is -2.30. The molecule has 1 saturated carbocycles. The SMILES string of the molecule is CCC1CCC(C(=O)N[C@@H](C(=O)NCCN2CCOCC2)C(C)C)CC1. The summed E-state index contributed by atoms with van der Waals surface area (Å²) in [4.78, 5) is 27.5. The molecule has 1 saturated heterocycles. The minimum atomic E-state index is -0.448. The van der Waals surface area contributed by atoms with E-state index in [1.807, 2.05) is 13.8 Å². The van der Waals surface area contributed by atoms with Crippen molar-refractivity contribution in [3.05, 3.63) is 0 Å². The summed E-state index contributed by atoms with van der Waals surface area (Å²) in [6, 6.07) is -0.448. The Bertz CT molecular complexity index is 442. The molecule has 2 aliphatic rings. The lowest BCUT2D eigenvalue weighted by atomic mass is 9.80. The molecular formula is C20H37N3O3. The normalized spacial score (nSPS) is 25.7. The van der Waals surface area contributed by atoms with Crippen molar-refractivity contribution >= 4 is 11.8 Å². The lowest BCUT2D eigenvalue weighted by molar-refractivity contribution is -0.132. The molecule has 0 bridgehead atoms. The molecule has 150 valence electrons. The molecule has 26 heavy (non-hydrogen) atoms. The zero-order valence-electron chi connectivity index (χ0n) is 16.8. The van der Waals surface area contributed by atoms with Crippen molar-refractivity contribution in [1.29, 1.82) is 0 Å². The van der Waals surface area contributed by atoms with Crippen LogP contribution in [0.2, 0.25) is 0 Å². The lowest BCUT2D eigenvalue weighted by Crippen LogP contribution is -2.52. The Labute approximate surface area is 158 Å². The summed E-state index contributed by atoms with van der Waals surface area (Å²) in [5, 5.41) is 6.02. The highest BCUT2D eigenvalue weighted by molar-refractivity contribution is 5.88. The standard InChI is InChI=1S/C20H37N3O3/c1-4-16-5-7-17(8-6-16)19(24)22-18(15(2)3)20(25)21-9-10-23-11-13-26-14-12-23/h15-18H,4-14H2,1-3H3,(H,21,25)(H,22,24)/t16?,17?,18-/m1/s1. The van der Waals surface area contributed by atoms with Gasteiger partial charge in [-0.3, -0.25) is 14.5 Å². The van der Waals surface area contributed by atoms with Crippen LogP contribution in [0.15, 0.2) is 0 Å². The van der Waals surface area contributed by atoms with Crippen LogP contribution in [0.25, 0.3) is 0 Å². The number of carbonyl (C=O) groups is 2. The van der Waals surface area contributed by atoms with Gasteiger partial charge in [-0.15, -0.1) is 0 Å². The van der Waals surface area contributed by atoms with Crippen molar-refractivity contribution in [1.82, 2.24) is 15.5 Å². The van der Waals surface area contributed by atoms with Crippen molar-refractivity contribution in [3.8, 4) is 0 Å². The van der Waals surface area contributed by atoms with Gasteiger partial charge in [0.1, 0.15) is 6.04 Å². The Hall–Kier alpha value is -1.14. The van der Waals surface area contributed by atoms with Gasteiger partial charge in [-0.2, -0.15) is 0 Å². The van der Waals surface area contributed by atoms with Crippen molar-refractivity contribution in [2.24, 2.45) is 17.8 Å². The molecule has 1 aliphatic heterocycles. The van der Waals surface area contributed by atoms with Crippen LogP contribution in [0.1, 0.15) is 52.9 Å². The number of ether oxygens (including phenoxy) is 1. The van der Waals surface area contributed by atoms with E-state index in [2.05, 4.69) is 22.5 Å². The summed E-state index contributed by atoms with van der Waals surface area (Å²) in [5.74, 6) is 0.906. The molecule has 0 radical (unpaired) electrons. The summed E-state index contributed by atoms with van der Waals surface area (Å²) in [5.41, 5.74) is 0. The molecule has 0 spiro atoms. The molecule has 1 aliphatic carbocycles. The number of carbonyl (C=O) groups excluding carboxylic acids is 2. The molecule has 0 aromatic rings. The van der Waals surface area contributed by atoms with Crippen molar-refractivity contribution in [2.45, 2.75) is 58.9 Å². The molecule has 1 heterocycles. The molecule has 6 heteroatoms. The van der Waals surface area contributed by atoms with Gasteiger partial charge in [0.2, 0.25) is 11.8 Å². The van der Waals surface area contributed by atoms with Crippen LogP contribution >= 0.6 is 0 Å². The third-order valence-electron chi connectivity index (χ3n) is 5.87. The number of nitrogens with one attached hydrogen (secondary N) is 2. The molecule has 2 amide bonds. The quantitative estimate of drug-likeness (QED) is 0.686. The van der Waals surface area contributed by atoms with E-state index in [1.165, 1.54) is 6.42 Å². The zero-order chi connectivity index (χ0) is 18.9. The van der Waals surface area contributed by atoms with E-state index >= 15 is 0 Å². The van der Waals surface area contributed by atoms with Crippen LogP contribution in [0.5, 0.6) is 0 Å². The number of morpholine rings is 1. The first-order valence-electron chi connectivity index (χ1n) is 10.4. The predicted octanol–water partition coefficient (Wildman–Crippen LogP) is 1.79. The third kappa shape index (κ3) is 6.54. The second-order valence-electron chi connectivity index (χ2n) is 8.10. The maximum absolute atomic E-state index is 12.6. The fourth-order valence-electron chi connectivity index (χ4n) is 3.91. The van der Waals surface area contributed by atoms with Crippen LogP contribution in [-0.4, -0.2) is 62.1 Å². The van der Waals surface area contributed by atoms with Crippen molar-refractivity contribution in [2.75, 3.05) is 39.4 Å². The van der Waals surface area contributed by atoms with Gasteiger partial charge in [0.15, 0.2) is 0 Å². The molecule has 2 fully saturated rings. The number of nitrogens with zero attached hydrogens (tertiary/aromatic N) is 1. The summed E-state index contributed by atoms with van der Waals surface area (Å²) >= 11 is 0. The highest BCUT2D eigenvalue weighted by atomic mass is 16.5. The second kappa shape index (κ2) is 10.9. The Morgan fingerprint density at radius 3 is 2.35 bits per heavy atom. The van der Waals surface area contributed by atoms with Gasteiger partial charge in [-0.05, 0) is 37.5 Å². The monoisotopic (exact) mass is 367 g/mol. The maximum atomic E-state index is 12.6. The van der Waals surface area contributed by atoms with E-state index in [-0.39, 0.29) is 23.7 Å². The first-order valence-corrected chi connectivity index (χ1v) is 10.4. The molecular weight excluding hydrogens is 330 g/mol. The van der Waals surface area contributed by atoms with Gasteiger partial charge in [0.25, 0.3) is 0 Å². The van der Waals surface area contributed by atoms with Crippen LogP contribution in [0, 0.1) is 17.8 Å². The highest BCUT2D eigenvalue weighted by Gasteiger charge is 2.30. The van der Waals surface area contributed by atoms with E-state index in [4.69, 9.17) is 4.74 Å². The smallest absolute Gasteiger partial charge is 0.242 e. The molecule has 0 unspecified atom stereocenters. The summed E-state index contributed by atoms with van der Waals surface area (Å²) < 4.78 is 5.34. The summed E-state index contributed by atoms with van der Waals surface area (Å²) in [6.45, 7) is 11.0. The summed E-state index contributed by atoms with van der Waals surface area (Å²) in [6.07, 6.45) is 5.37. The van der Waals surface area contributed by atoms with E-state index in [1.54, 1.807) is 0 Å². The zero-order valence-corrected chi connectivity index (χ0v) is 16.8. The van der Waals surface area contributed by atoms with Crippen LogP contribution in [0.3, 0.4) is 0 Å². The van der Waals surface area contributed by atoms with Crippen molar-refractivity contribution in [3.63, 3.8) is 0 Å². The second-order valence-corrected chi connectivity index (χ2v) is 8.10. The number of hydrogen-bond donors (Lipinski definition) is 2. The molecule has 1 atom stereocenters. The van der Waals surface area contributed by atoms with E-state index in [9.17, 15) is 9.59 Å². The fourth-order valence-corrected chi connectivity index (χ4v) is 3.91. The fraction of sp³-hybridized carbons (Fsp3) is 0.900. The molecule has 2 N–H and O–H groups in total. The number of amides is 2. The van der Waals surface area contributed by atoms with E-state index in [0.717, 1.165) is 64.4 Å². The Balaban J connectivity index is 1.75. The Morgan fingerprint density at radius 2 is 1.77 bits per heavy atom. The molecule has 0 aromatic heterocycles. The van der Waals surface area contributed by atoms with Gasteiger partial charge in [0.05, 0.1) is 13.2 Å². The molecule has 6 nitrogen and oxygen atoms in total. The van der Waals surface area contributed by atoms with Gasteiger partial charge in [-0.25, -0.2) is 0 Å². The van der Waals surface area contributed by atoms with Gasteiger partial charge >= 0.3 is 0 Å². The largest absolute Gasteiger partial charge is 0.379 e. The predicted molar refractivity (Wildman–Crippen MR) is 103 cm³/mol. The Morgan fingerprint density at radius 1 is 1.12 bits per heavy atom. The van der Waals surface area contributed by atoms with Gasteiger partial charge in [0, 0.05) is 32.1 Å². The first kappa shape index (κ1) is 21.2.